The Labute approximate surface area is 90.2 Å². The van der Waals surface area contributed by atoms with Gasteiger partial charge in [0.1, 0.15) is 5.25 Å². The Kier molecular flexibility index (Phi) is 2.37. The van der Waals surface area contributed by atoms with Gasteiger partial charge in [0.05, 0.1) is 7.05 Å². The number of tetrazole rings is 1. The summed E-state index contributed by atoms with van der Waals surface area (Å²) in [6.07, 6.45) is -0.392. The van der Waals surface area contributed by atoms with Crippen molar-refractivity contribution in [3.05, 3.63) is 0 Å². The molecule has 16 heavy (non-hydrogen) atoms. The normalized spacial score (nSPS) is 21.8. The lowest BCUT2D eigenvalue weighted by Gasteiger charge is -2.09. The third-order valence-electron chi connectivity index (χ3n) is 2.23. The Hall–Kier alpha value is -1.58. The summed E-state index contributed by atoms with van der Waals surface area (Å²) in [5, 5.41) is 9.45. The number of nitrogens with zero attached hydrogens (tertiary/aromatic N) is 5. The summed E-state index contributed by atoms with van der Waals surface area (Å²) >= 11 is 0. The van der Waals surface area contributed by atoms with E-state index in [1.807, 2.05) is 0 Å². The van der Waals surface area contributed by atoms with Crippen molar-refractivity contribution in [2.24, 2.45) is 7.05 Å². The van der Waals surface area contributed by atoms with Crippen LogP contribution in [0.5, 0.6) is 0 Å². The molecule has 8 nitrogen and oxygen atoms in total. The largest absolute Gasteiger partial charge is 0.307 e. The minimum atomic E-state index is -4.71. The van der Waals surface area contributed by atoms with Crippen molar-refractivity contribution in [3.8, 4) is 0 Å². The van der Waals surface area contributed by atoms with Gasteiger partial charge in [0, 0.05) is 13.0 Å². The van der Waals surface area contributed by atoms with Gasteiger partial charge in [-0.3, -0.25) is 9.69 Å². The SMILES string of the molecule is Cn1nnc(N2CC(S(=O)(=O)F)CC2=O)n1. The van der Waals surface area contributed by atoms with Gasteiger partial charge in [-0.2, -0.15) is 13.2 Å². The van der Waals surface area contributed by atoms with Crippen molar-refractivity contribution < 1.29 is 17.1 Å². The third kappa shape index (κ3) is 1.87. The van der Waals surface area contributed by atoms with Crippen molar-refractivity contribution in [2.75, 3.05) is 11.4 Å². The number of rotatable bonds is 2. The number of anilines is 1. The van der Waals surface area contributed by atoms with Crippen LogP contribution in [0.2, 0.25) is 0 Å². The molecule has 1 aliphatic rings. The Morgan fingerprint density at radius 2 is 2.19 bits per heavy atom. The standard InChI is InChI=1S/C6H8FN5O3S/c1-11-9-6(8-10-11)12-3-4(2-5(12)13)16(7,14)15/h4H,2-3H2,1H3. The minimum absolute atomic E-state index is 0.0151. The maximum atomic E-state index is 12.7. The third-order valence-corrected chi connectivity index (χ3v) is 3.34. The highest BCUT2D eigenvalue weighted by Crippen LogP contribution is 2.22. The van der Waals surface area contributed by atoms with Gasteiger partial charge in [-0.25, -0.2) is 0 Å². The summed E-state index contributed by atoms with van der Waals surface area (Å²) in [4.78, 5) is 13.6. The molecular weight excluding hydrogens is 241 g/mol. The van der Waals surface area contributed by atoms with Crippen LogP contribution in [-0.2, 0) is 22.1 Å². The van der Waals surface area contributed by atoms with E-state index < -0.39 is 27.8 Å². The average molecular weight is 249 g/mol. The zero-order valence-corrected chi connectivity index (χ0v) is 9.06. The molecule has 1 aliphatic heterocycles. The lowest BCUT2D eigenvalue weighted by molar-refractivity contribution is -0.117. The molecule has 0 bridgehead atoms. The Bertz CT molecular complexity index is 526. The van der Waals surface area contributed by atoms with Crippen molar-refractivity contribution in [3.63, 3.8) is 0 Å². The van der Waals surface area contributed by atoms with E-state index in [9.17, 15) is 17.1 Å². The fraction of sp³-hybridized carbons (Fsp3) is 0.667. The summed E-state index contributed by atoms with van der Waals surface area (Å²) in [5.41, 5.74) is 0. The van der Waals surface area contributed by atoms with Gasteiger partial charge in [0.2, 0.25) is 5.91 Å². The van der Waals surface area contributed by atoms with E-state index >= 15 is 0 Å². The second-order valence-electron chi connectivity index (χ2n) is 3.38. The molecule has 88 valence electrons. The van der Waals surface area contributed by atoms with Gasteiger partial charge in [0.15, 0.2) is 0 Å². The molecule has 0 radical (unpaired) electrons. The quantitative estimate of drug-likeness (QED) is 0.599. The molecule has 10 heteroatoms. The van der Waals surface area contributed by atoms with Crippen LogP contribution in [-0.4, -0.2) is 46.3 Å². The second-order valence-corrected chi connectivity index (χ2v) is 5.00. The molecule has 2 rings (SSSR count). The average Bonchev–Trinajstić information content (AvgIpc) is 2.70. The number of hydrogen-bond donors (Lipinski definition) is 0. The zero-order valence-electron chi connectivity index (χ0n) is 8.24. The monoisotopic (exact) mass is 249 g/mol. The molecule has 1 fully saturated rings. The minimum Gasteiger partial charge on any atom is -0.277 e. The summed E-state index contributed by atoms with van der Waals surface area (Å²) in [7, 11) is -3.21. The van der Waals surface area contributed by atoms with Crippen molar-refractivity contribution >= 4 is 22.1 Å². The molecule has 1 atom stereocenters. The molecular formula is C6H8FN5O3S. The fourth-order valence-corrected chi connectivity index (χ4v) is 2.11. The second kappa shape index (κ2) is 3.47. The van der Waals surface area contributed by atoms with E-state index in [-0.39, 0.29) is 12.5 Å². The van der Waals surface area contributed by atoms with Crippen molar-refractivity contribution in [2.45, 2.75) is 11.7 Å². The molecule has 0 saturated carbocycles. The van der Waals surface area contributed by atoms with Crippen LogP contribution >= 0.6 is 0 Å². The van der Waals surface area contributed by atoms with E-state index in [1.165, 1.54) is 7.05 Å². The van der Waals surface area contributed by atoms with E-state index in [0.717, 1.165) is 9.70 Å². The first-order valence-corrected chi connectivity index (χ1v) is 5.80. The highest BCUT2D eigenvalue weighted by atomic mass is 32.3. The van der Waals surface area contributed by atoms with Crippen LogP contribution in [0.25, 0.3) is 0 Å². The van der Waals surface area contributed by atoms with Gasteiger partial charge >= 0.3 is 10.2 Å². The molecule has 1 aromatic rings. The molecule has 1 aromatic heterocycles. The van der Waals surface area contributed by atoms with Crippen LogP contribution in [0.1, 0.15) is 6.42 Å². The zero-order chi connectivity index (χ0) is 11.9. The molecule has 2 heterocycles. The first kappa shape index (κ1) is 10.9. The summed E-state index contributed by atoms with van der Waals surface area (Å²) in [6.45, 7) is -0.274. The molecule has 0 aromatic carbocycles. The van der Waals surface area contributed by atoms with Crippen LogP contribution in [0.15, 0.2) is 0 Å². The first-order valence-electron chi connectivity index (χ1n) is 4.36. The molecule has 1 saturated heterocycles. The van der Waals surface area contributed by atoms with Crippen LogP contribution < -0.4 is 4.90 Å². The molecule has 1 amide bonds. The fourth-order valence-electron chi connectivity index (χ4n) is 1.44. The number of aryl methyl sites for hydroxylation is 1. The van der Waals surface area contributed by atoms with Gasteiger partial charge in [-0.15, -0.1) is 8.98 Å². The van der Waals surface area contributed by atoms with Gasteiger partial charge in [0.25, 0.3) is 5.95 Å². The van der Waals surface area contributed by atoms with Gasteiger partial charge in [-0.1, -0.05) is 5.10 Å². The predicted molar refractivity (Wildman–Crippen MR) is 49.6 cm³/mol. The maximum Gasteiger partial charge on any atom is 0.307 e. The molecule has 1 unspecified atom stereocenters. The Morgan fingerprint density at radius 1 is 1.50 bits per heavy atom. The van der Waals surface area contributed by atoms with Gasteiger partial charge < -0.3 is 0 Å². The number of aromatic nitrogens is 4. The number of hydrogen-bond acceptors (Lipinski definition) is 6. The number of amides is 1. The van der Waals surface area contributed by atoms with Crippen LogP contribution in [0.4, 0.5) is 9.83 Å². The van der Waals surface area contributed by atoms with E-state index in [4.69, 9.17) is 0 Å². The van der Waals surface area contributed by atoms with E-state index in [2.05, 4.69) is 15.4 Å². The Balaban J connectivity index is 2.24. The lowest BCUT2D eigenvalue weighted by atomic mass is 10.4. The van der Waals surface area contributed by atoms with Crippen molar-refractivity contribution in [1.82, 2.24) is 20.2 Å². The first-order chi connectivity index (χ1) is 7.38. The molecule has 0 aliphatic carbocycles. The number of halogens is 1. The summed E-state index contributed by atoms with van der Waals surface area (Å²) in [5.74, 6) is -0.544. The lowest BCUT2D eigenvalue weighted by Crippen LogP contribution is -2.28. The summed E-state index contributed by atoms with van der Waals surface area (Å²) < 4.78 is 34.0. The van der Waals surface area contributed by atoms with E-state index in [0.29, 0.717) is 0 Å². The Morgan fingerprint density at radius 3 is 2.62 bits per heavy atom. The topological polar surface area (TPSA) is 98.0 Å². The predicted octanol–water partition coefficient (Wildman–Crippen LogP) is -1.39. The number of carbonyl (C=O) groups excluding carboxylic acids is 1. The van der Waals surface area contributed by atoms with Gasteiger partial charge in [-0.05, 0) is 5.21 Å². The van der Waals surface area contributed by atoms with E-state index in [1.54, 1.807) is 0 Å². The summed E-state index contributed by atoms with van der Waals surface area (Å²) in [6, 6.07) is 0. The number of carbonyl (C=O) groups is 1. The molecule has 0 N–H and O–H groups in total. The maximum absolute atomic E-state index is 12.7. The smallest absolute Gasteiger partial charge is 0.277 e. The molecule has 0 spiro atoms. The van der Waals surface area contributed by atoms with Crippen LogP contribution in [0.3, 0.4) is 0 Å². The highest BCUT2D eigenvalue weighted by molar-refractivity contribution is 7.87. The highest BCUT2D eigenvalue weighted by Gasteiger charge is 2.40. The van der Waals surface area contributed by atoms with Crippen molar-refractivity contribution in [1.29, 1.82) is 0 Å². The van der Waals surface area contributed by atoms with Crippen LogP contribution in [0, 0.1) is 0 Å².